The van der Waals surface area contributed by atoms with E-state index in [0.717, 1.165) is 6.26 Å². The van der Waals surface area contributed by atoms with Gasteiger partial charge in [-0.1, -0.05) is 6.07 Å². The SMILES string of the molecule is CCOc1cc(C#N)ccc1OCC(=O)Nc1cccc(S(C)(=O)=O)c1. The number of carbonyl (C=O) groups excluding carboxylic acids is 1. The van der Waals surface area contributed by atoms with E-state index in [4.69, 9.17) is 14.7 Å². The first-order chi connectivity index (χ1) is 12.3. The van der Waals surface area contributed by atoms with Crippen LogP contribution in [0, 0.1) is 11.3 Å². The molecule has 2 aromatic rings. The second-order valence-corrected chi connectivity index (χ2v) is 7.36. The number of rotatable bonds is 7. The van der Waals surface area contributed by atoms with Gasteiger partial charge in [0.25, 0.3) is 5.91 Å². The fraction of sp³-hybridized carbons (Fsp3) is 0.222. The highest BCUT2D eigenvalue weighted by Gasteiger charge is 2.11. The Balaban J connectivity index is 2.05. The molecule has 0 radical (unpaired) electrons. The van der Waals surface area contributed by atoms with Gasteiger partial charge in [-0.25, -0.2) is 8.42 Å². The highest BCUT2D eigenvalue weighted by molar-refractivity contribution is 7.90. The van der Waals surface area contributed by atoms with E-state index in [1.165, 1.54) is 18.2 Å². The summed E-state index contributed by atoms with van der Waals surface area (Å²) in [5.74, 6) is 0.256. The smallest absolute Gasteiger partial charge is 0.262 e. The molecule has 2 rings (SSSR count). The van der Waals surface area contributed by atoms with Crippen molar-refractivity contribution in [3.05, 3.63) is 48.0 Å². The molecule has 0 saturated carbocycles. The summed E-state index contributed by atoms with van der Waals surface area (Å²) in [4.78, 5) is 12.2. The second-order valence-electron chi connectivity index (χ2n) is 5.34. The van der Waals surface area contributed by atoms with Crippen LogP contribution < -0.4 is 14.8 Å². The third-order valence-corrected chi connectivity index (χ3v) is 4.39. The average molecular weight is 374 g/mol. The lowest BCUT2D eigenvalue weighted by molar-refractivity contribution is -0.118. The minimum Gasteiger partial charge on any atom is -0.490 e. The van der Waals surface area contributed by atoms with Gasteiger partial charge in [0.05, 0.1) is 23.1 Å². The number of nitrogens with one attached hydrogen (secondary N) is 1. The van der Waals surface area contributed by atoms with E-state index in [-0.39, 0.29) is 11.5 Å². The monoisotopic (exact) mass is 374 g/mol. The third-order valence-electron chi connectivity index (χ3n) is 3.28. The van der Waals surface area contributed by atoms with Crippen molar-refractivity contribution in [3.63, 3.8) is 0 Å². The number of benzene rings is 2. The molecule has 0 spiro atoms. The number of carbonyl (C=O) groups is 1. The molecule has 0 unspecified atom stereocenters. The van der Waals surface area contributed by atoms with E-state index < -0.39 is 15.7 Å². The first-order valence-corrected chi connectivity index (χ1v) is 9.62. The molecule has 1 amide bonds. The van der Waals surface area contributed by atoms with E-state index in [1.54, 1.807) is 31.2 Å². The molecule has 0 heterocycles. The second kappa shape index (κ2) is 8.36. The molecule has 0 aliphatic rings. The van der Waals surface area contributed by atoms with Crippen molar-refractivity contribution in [2.24, 2.45) is 0 Å². The van der Waals surface area contributed by atoms with E-state index in [9.17, 15) is 13.2 Å². The van der Waals surface area contributed by atoms with Gasteiger partial charge in [-0.15, -0.1) is 0 Å². The van der Waals surface area contributed by atoms with E-state index in [2.05, 4.69) is 5.32 Å². The number of amides is 1. The Morgan fingerprint density at radius 2 is 1.92 bits per heavy atom. The van der Waals surface area contributed by atoms with Crippen molar-refractivity contribution in [1.29, 1.82) is 5.26 Å². The molecule has 0 fully saturated rings. The van der Waals surface area contributed by atoms with Crippen LogP contribution in [0.4, 0.5) is 5.69 Å². The molecule has 8 heteroatoms. The number of nitriles is 1. The largest absolute Gasteiger partial charge is 0.490 e. The number of sulfone groups is 1. The first-order valence-electron chi connectivity index (χ1n) is 7.73. The number of anilines is 1. The minimum absolute atomic E-state index is 0.113. The summed E-state index contributed by atoms with van der Waals surface area (Å²) in [5.41, 5.74) is 0.772. The molecule has 136 valence electrons. The zero-order valence-electron chi connectivity index (χ0n) is 14.4. The Bertz CT molecular complexity index is 948. The van der Waals surface area contributed by atoms with Crippen LogP contribution in [0.25, 0.3) is 0 Å². The maximum absolute atomic E-state index is 12.1. The lowest BCUT2D eigenvalue weighted by atomic mass is 10.2. The maximum Gasteiger partial charge on any atom is 0.262 e. The molecular formula is C18H18N2O5S. The van der Waals surface area contributed by atoms with Gasteiger partial charge in [-0.2, -0.15) is 5.26 Å². The predicted molar refractivity (Wildman–Crippen MR) is 96.0 cm³/mol. The summed E-state index contributed by atoms with van der Waals surface area (Å²) in [5, 5.41) is 11.5. The Labute approximate surface area is 152 Å². The van der Waals surface area contributed by atoms with Crippen LogP contribution in [-0.4, -0.2) is 33.8 Å². The molecule has 7 nitrogen and oxygen atoms in total. The van der Waals surface area contributed by atoms with E-state index in [0.29, 0.717) is 29.4 Å². The summed E-state index contributed by atoms with van der Waals surface area (Å²) in [6.07, 6.45) is 1.09. The normalized spacial score (nSPS) is 10.7. The number of ether oxygens (including phenoxy) is 2. The number of nitrogens with zero attached hydrogens (tertiary/aromatic N) is 1. The molecule has 0 aliphatic heterocycles. The van der Waals surface area contributed by atoms with Gasteiger partial charge in [0, 0.05) is 18.0 Å². The molecule has 1 N–H and O–H groups in total. The van der Waals surface area contributed by atoms with Gasteiger partial charge in [-0.05, 0) is 37.3 Å². The molecule has 0 aromatic heterocycles. The lowest BCUT2D eigenvalue weighted by Crippen LogP contribution is -2.20. The summed E-state index contributed by atoms with van der Waals surface area (Å²) in [6, 6.07) is 12.6. The van der Waals surface area contributed by atoms with Gasteiger partial charge in [0.15, 0.2) is 27.9 Å². The van der Waals surface area contributed by atoms with E-state index >= 15 is 0 Å². The predicted octanol–water partition coefficient (Wildman–Crippen LogP) is 2.38. The quantitative estimate of drug-likeness (QED) is 0.798. The van der Waals surface area contributed by atoms with Crippen molar-refractivity contribution in [3.8, 4) is 17.6 Å². The van der Waals surface area contributed by atoms with Gasteiger partial charge in [0.2, 0.25) is 0 Å². The summed E-state index contributed by atoms with van der Waals surface area (Å²) in [6.45, 7) is 1.88. The fourth-order valence-corrected chi connectivity index (χ4v) is 2.78. The van der Waals surface area contributed by atoms with Crippen molar-refractivity contribution >= 4 is 21.4 Å². The zero-order valence-corrected chi connectivity index (χ0v) is 15.2. The Morgan fingerprint density at radius 1 is 1.15 bits per heavy atom. The summed E-state index contributed by atoms with van der Waals surface area (Å²) >= 11 is 0. The van der Waals surface area contributed by atoms with Crippen molar-refractivity contribution < 1.29 is 22.7 Å². The van der Waals surface area contributed by atoms with Crippen molar-refractivity contribution in [2.75, 3.05) is 24.8 Å². The van der Waals surface area contributed by atoms with Crippen LogP contribution in [0.2, 0.25) is 0 Å². The van der Waals surface area contributed by atoms with Crippen LogP contribution in [0.1, 0.15) is 12.5 Å². The fourth-order valence-electron chi connectivity index (χ4n) is 2.11. The standard InChI is InChI=1S/C18H18N2O5S/c1-3-24-17-9-13(11-19)7-8-16(17)25-12-18(21)20-14-5-4-6-15(10-14)26(2,22)23/h4-10H,3,12H2,1-2H3,(H,20,21). The maximum atomic E-state index is 12.1. The van der Waals surface area contributed by atoms with E-state index in [1.807, 2.05) is 6.07 Å². The van der Waals surface area contributed by atoms with Crippen LogP contribution in [0.5, 0.6) is 11.5 Å². The van der Waals surface area contributed by atoms with Crippen molar-refractivity contribution in [2.45, 2.75) is 11.8 Å². The minimum atomic E-state index is -3.36. The molecule has 0 aliphatic carbocycles. The Morgan fingerprint density at radius 3 is 2.58 bits per heavy atom. The van der Waals surface area contributed by atoms with Crippen LogP contribution >= 0.6 is 0 Å². The summed E-state index contributed by atoms with van der Waals surface area (Å²) < 4.78 is 34.0. The average Bonchev–Trinajstić information content (AvgIpc) is 2.60. The molecule has 2 aromatic carbocycles. The molecule has 0 atom stereocenters. The third kappa shape index (κ3) is 5.22. The van der Waals surface area contributed by atoms with Gasteiger partial charge in [-0.3, -0.25) is 4.79 Å². The van der Waals surface area contributed by atoms with Gasteiger partial charge < -0.3 is 14.8 Å². The Kier molecular flexibility index (Phi) is 6.20. The number of hydrogen-bond acceptors (Lipinski definition) is 6. The topological polar surface area (TPSA) is 105 Å². The van der Waals surface area contributed by atoms with Gasteiger partial charge >= 0.3 is 0 Å². The Hall–Kier alpha value is -3.05. The van der Waals surface area contributed by atoms with Crippen LogP contribution in [0.3, 0.4) is 0 Å². The summed E-state index contributed by atoms with van der Waals surface area (Å²) in [7, 11) is -3.36. The van der Waals surface area contributed by atoms with Crippen LogP contribution in [0.15, 0.2) is 47.4 Å². The highest BCUT2D eigenvalue weighted by atomic mass is 32.2. The molecule has 0 bridgehead atoms. The van der Waals surface area contributed by atoms with Crippen molar-refractivity contribution in [1.82, 2.24) is 0 Å². The van der Waals surface area contributed by atoms with Gasteiger partial charge in [0.1, 0.15) is 0 Å². The molecule has 0 saturated heterocycles. The van der Waals surface area contributed by atoms with Crippen LogP contribution in [-0.2, 0) is 14.6 Å². The molecule has 26 heavy (non-hydrogen) atoms. The number of hydrogen-bond donors (Lipinski definition) is 1. The lowest BCUT2D eigenvalue weighted by Gasteiger charge is -2.12. The first kappa shape index (κ1) is 19.3. The zero-order chi connectivity index (χ0) is 19.2. The molecular weight excluding hydrogens is 356 g/mol. The highest BCUT2D eigenvalue weighted by Crippen LogP contribution is 2.28.